The van der Waals surface area contributed by atoms with Crippen LogP contribution in [-0.2, 0) is 0 Å². The predicted molar refractivity (Wildman–Crippen MR) is 81.4 cm³/mol. The standard InChI is InChI=1S/C14H21ClN2S/c15-13-5-2-1-4-12(13)14(16)6-8-17-7-3-10-18-11-9-17/h1-2,4-5,14H,3,6-11,16H2. The molecule has 18 heavy (non-hydrogen) atoms. The van der Waals surface area contributed by atoms with Crippen molar-refractivity contribution < 1.29 is 0 Å². The molecule has 1 saturated heterocycles. The molecule has 1 atom stereocenters. The molecule has 2 nitrogen and oxygen atoms in total. The first-order valence-corrected chi connectivity index (χ1v) is 8.11. The molecule has 0 bridgehead atoms. The van der Waals surface area contributed by atoms with Crippen LogP contribution in [0.2, 0.25) is 5.02 Å². The van der Waals surface area contributed by atoms with E-state index < -0.39 is 0 Å². The molecule has 1 aromatic rings. The molecular formula is C14H21ClN2S. The Morgan fingerprint density at radius 3 is 2.94 bits per heavy atom. The highest BCUT2D eigenvalue weighted by molar-refractivity contribution is 7.99. The van der Waals surface area contributed by atoms with Crippen molar-refractivity contribution in [3.05, 3.63) is 34.9 Å². The van der Waals surface area contributed by atoms with E-state index in [0.29, 0.717) is 0 Å². The highest BCUT2D eigenvalue weighted by atomic mass is 35.5. The fourth-order valence-corrected chi connectivity index (χ4v) is 3.47. The summed E-state index contributed by atoms with van der Waals surface area (Å²) >= 11 is 8.23. The summed E-state index contributed by atoms with van der Waals surface area (Å²) in [4.78, 5) is 2.52. The zero-order chi connectivity index (χ0) is 12.8. The Labute approximate surface area is 119 Å². The number of hydrogen-bond donors (Lipinski definition) is 1. The summed E-state index contributed by atoms with van der Waals surface area (Å²) in [5, 5.41) is 0.788. The molecule has 1 unspecified atom stereocenters. The normalized spacial score (nSPS) is 19.4. The Kier molecular flexibility index (Phi) is 5.83. The van der Waals surface area contributed by atoms with E-state index in [4.69, 9.17) is 17.3 Å². The number of benzene rings is 1. The number of nitrogens with zero attached hydrogens (tertiary/aromatic N) is 1. The van der Waals surface area contributed by atoms with Gasteiger partial charge in [0.05, 0.1) is 0 Å². The van der Waals surface area contributed by atoms with Gasteiger partial charge in [0, 0.05) is 23.4 Å². The van der Waals surface area contributed by atoms with E-state index in [1.165, 1.54) is 31.0 Å². The van der Waals surface area contributed by atoms with Gasteiger partial charge in [0.1, 0.15) is 0 Å². The third-order valence-corrected chi connectivity index (χ3v) is 4.77. The van der Waals surface area contributed by atoms with Crippen LogP contribution in [0.3, 0.4) is 0 Å². The first-order chi connectivity index (χ1) is 8.77. The van der Waals surface area contributed by atoms with Gasteiger partial charge in [-0.15, -0.1) is 0 Å². The molecule has 4 heteroatoms. The molecule has 0 aliphatic carbocycles. The maximum absolute atomic E-state index is 6.24. The fourth-order valence-electron chi connectivity index (χ4n) is 2.27. The van der Waals surface area contributed by atoms with Crippen molar-refractivity contribution >= 4 is 23.4 Å². The molecule has 1 heterocycles. The summed E-state index contributed by atoms with van der Waals surface area (Å²) in [5.41, 5.74) is 7.31. The van der Waals surface area contributed by atoms with Crippen molar-refractivity contribution in [2.75, 3.05) is 31.1 Å². The number of nitrogens with two attached hydrogens (primary N) is 1. The van der Waals surface area contributed by atoms with Crippen molar-refractivity contribution in [1.82, 2.24) is 4.90 Å². The zero-order valence-electron chi connectivity index (χ0n) is 10.6. The van der Waals surface area contributed by atoms with E-state index in [1.54, 1.807) is 0 Å². The number of thioether (sulfide) groups is 1. The van der Waals surface area contributed by atoms with Crippen LogP contribution in [0.5, 0.6) is 0 Å². The summed E-state index contributed by atoms with van der Waals surface area (Å²) in [6.07, 6.45) is 2.28. The monoisotopic (exact) mass is 284 g/mol. The molecule has 0 radical (unpaired) electrons. The van der Waals surface area contributed by atoms with Crippen LogP contribution < -0.4 is 5.73 Å². The number of halogens is 1. The minimum Gasteiger partial charge on any atom is -0.324 e. The van der Waals surface area contributed by atoms with Gasteiger partial charge in [-0.2, -0.15) is 11.8 Å². The molecule has 2 rings (SSSR count). The average Bonchev–Trinajstić information content (AvgIpc) is 2.65. The van der Waals surface area contributed by atoms with E-state index in [1.807, 2.05) is 24.3 Å². The molecular weight excluding hydrogens is 264 g/mol. The molecule has 1 aliphatic heterocycles. The van der Waals surface area contributed by atoms with Crippen molar-refractivity contribution in [1.29, 1.82) is 0 Å². The van der Waals surface area contributed by atoms with E-state index in [-0.39, 0.29) is 6.04 Å². The van der Waals surface area contributed by atoms with E-state index in [0.717, 1.165) is 23.6 Å². The summed E-state index contributed by atoms with van der Waals surface area (Å²) in [6, 6.07) is 7.95. The van der Waals surface area contributed by atoms with E-state index in [2.05, 4.69) is 16.7 Å². The number of hydrogen-bond acceptors (Lipinski definition) is 3. The van der Waals surface area contributed by atoms with Crippen molar-refractivity contribution in [2.45, 2.75) is 18.9 Å². The van der Waals surface area contributed by atoms with Gasteiger partial charge in [0.15, 0.2) is 0 Å². The summed E-state index contributed by atoms with van der Waals surface area (Å²) in [5.74, 6) is 2.55. The first kappa shape index (κ1) is 14.2. The largest absolute Gasteiger partial charge is 0.324 e. The lowest BCUT2D eigenvalue weighted by molar-refractivity contribution is 0.283. The lowest BCUT2D eigenvalue weighted by Gasteiger charge is -2.22. The van der Waals surface area contributed by atoms with Crippen LogP contribution >= 0.6 is 23.4 Å². The van der Waals surface area contributed by atoms with Crippen molar-refractivity contribution in [3.63, 3.8) is 0 Å². The van der Waals surface area contributed by atoms with Gasteiger partial charge in [-0.1, -0.05) is 29.8 Å². The highest BCUT2D eigenvalue weighted by Crippen LogP contribution is 2.23. The zero-order valence-corrected chi connectivity index (χ0v) is 12.2. The lowest BCUT2D eigenvalue weighted by Crippen LogP contribution is -2.29. The smallest absolute Gasteiger partial charge is 0.0453 e. The molecule has 1 fully saturated rings. The second-order valence-electron chi connectivity index (χ2n) is 4.72. The molecule has 0 saturated carbocycles. The Morgan fingerprint density at radius 2 is 2.11 bits per heavy atom. The molecule has 0 aromatic heterocycles. The molecule has 0 amide bonds. The third-order valence-electron chi connectivity index (χ3n) is 3.38. The van der Waals surface area contributed by atoms with Gasteiger partial charge in [-0.3, -0.25) is 0 Å². The Morgan fingerprint density at radius 1 is 1.28 bits per heavy atom. The van der Waals surface area contributed by atoms with Crippen molar-refractivity contribution in [3.8, 4) is 0 Å². The Bertz CT molecular complexity index is 365. The molecule has 0 spiro atoms. The van der Waals surface area contributed by atoms with Crippen molar-refractivity contribution in [2.24, 2.45) is 5.73 Å². The van der Waals surface area contributed by atoms with E-state index in [9.17, 15) is 0 Å². The van der Waals surface area contributed by atoms with Crippen LogP contribution in [-0.4, -0.2) is 36.0 Å². The maximum atomic E-state index is 6.24. The quantitative estimate of drug-likeness (QED) is 0.921. The van der Waals surface area contributed by atoms with Crippen LogP contribution in [0.25, 0.3) is 0 Å². The molecule has 1 aliphatic rings. The van der Waals surface area contributed by atoms with E-state index >= 15 is 0 Å². The maximum Gasteiger partial charge on any atom is 0.0453 e. The molecule has 2 N–H and O–H groups in total. The first-order valence-electron chi connectivity index (χ1n) is 6.57. The summed E-state index contributed by atoms with van der Waals surface area (Å²) in [7, 11) is 0. The number of rotatable bonds is 4. The van der Waals surface area contributed by atoms with Crippen LogP contribution in [0.15, 0.2) is 24.3 Å². The minimum absolute atomic E-state index is 0.0506. The van der Waals surface area contributed by atoms with Gasteiger partial charge in [0.2, 0.25) is 0 Å². The Hall–Kier alpha value is -0.220. The van der Waals surface area contributed by atoms with Gasteiger partial charge in [0.25, 0.3) is 0 Å². The predicted octanol–water partition coefficient (Wildman–Crippen LogP) is 3.17. The summed E-state index contributed by atoms with van der Waals surface area (Å²) < 4.78 is 0. The summed E-state index contributed by atoms with van der Waals surface area (Å²) in [6.45, 7) is 3.48. The van der Waals surface area contributed by atoms with Gasteiger partial charge in [-0.25, -0.2) is 0 Å². The van der Waals surface area contributed by atoms with Crippen LogP contribution in [0, 0.1) is 0 Å². The Balaban J connectivity index is 1.84. The topological polar surface area (TPSA) is 29.3 Å². The van der Waals surface area contributed by atoms with Crippen LogP contribution in [0.1, 0.15) is 24.4 Å². The highest BCUT2D eigenvalue weighted by Gasteiger charge is 2.13. The minimum atomic E-state index is 0.0506. The average molecular weight is 285 g/mol. The van der Waals surface area contributed by atoms with Gasteiger partial charge in [-0.05, 0) is 43.3 Å². The lowest BCUT2D eigenvalue weighted by atomic mass is 10.0. The second-order valence-corrected chi connectivity index (χ2v) is 6.36. The SMILES string of the molecule is NC(CCN1CCCSCC1)c1ccccc1Cl. The fraction of sp³-hybridized carbons (Fsp3) is 0.571. The second kappa shape index (κ2) is 7.39. The molecule has 1 aromatic carbocycles. The molecule has 100 valence electrons. The van der Waals surface area contributed by atoms with Crippen LogP contribution in [0.4, 0.5) is 0 Å². The van der Waals surface area contributed by atoms with Gasteiger partial charge < -0.3 is 10.6 Å². The third kappa shape index (κ3) is 4.16. The van der Waals surface area contributed by atoms with Gasteiger partial charge >= 0.3 is 0 Å².